The number of carbonyl (C=O) groups is 3. The molecule has 3 aliphatic heterocycles. The van der Waals surface area contributed by atoms with Crippen molar-refractivity contribution in [3.05, 3.63) is 57.8 Å². The van der Waals surface area contributed by atoms with Gasteiger partial charge in [-0.25, -0.2) is 0 Å². The lowest BCUT2D eigenvalue weighted by atomic mass is 9.86. The maximum atomic E-state index is 13.7. The van der Waals surface area contributed by atoms with Crippen molar-refractivity contribution in [3.63, 3.8) is 0 Å². The van der Waals surface area contributed by atoms with Crippen LogP contribution >= 0.6 is 11.3 Å². The Hall–Kier alpha value is -2.73. The second-order valence-corrected chi connectivity index (χ2v) is 9.74. The van der Waals surface area contributed by atoms with Gasteiger partial charge in [-0.05, 0) is 49.4 Å². The van der Waals surface area contributed by atoms with Crippen LogP contribution in [0.4, 0.5) is 5.69 Å². The molecule has 1 aromatic carbocycles. The minimum atomic E-state index is -0.664. The van der Waals surface area contributed by atoms with Gasteiger partial charge in [-0.15, -0.1) is 11.3 Å². The molecular formula is C25H26N2O3S. The van der Waals surface area contributed by atoms with Crippen molar-refractivity contribution in [2.45, 2.75) is 45.7 Å². The van der Waals surface area contributed by atoms with E-state index in [0.717, 1.165) is 35.2 Å². The number of carbonyl (C=O) groups excluding carboxylic acids is 3. The fourth-order valence-corrected chi connectivity index (χ4v) is 6.12. The van der Waals surface area contributed by atoms with Crippen LogP contribution < -0.4 is 4.90 Å². The SMILES string of the molecule is CCCCN1C(=O)[C@@H]2[C@@H](C1=O)[C@H](C(=O)c1cccs1)N1c3ccc(C)cc3C(C)=C[C@H]21. The van der Waals surface area contributed by atoms with Gasteiger partial charge < -0.3 is 4.90 Å². The molecule has 2 aromatic rings. The van der Waals surface area contributed by atoms with Gasteiger partial charge in [0.2, 0.25) is 11.8 Å². The number of likely N-dealkylation sites (tertiary alicyclic amines) is 1. The lowest BCUT2D eigenvalue weighted by molar-refractivity contribution is -0.140. The third kappa shape index (κ3) is 2.92. The highest BCUT2D eigenvalue weighted by atomic mass is 32.1. The van der Waals surface area contributed by atoms with Gasteiger partial charge in [0, 0.05) is 17.8 Å². The fraction of sp³-hybridized carbons (Fsp3) is 0.400. The number of fused-ring (bicyclic) bond motifs is 5. The molecule has 0 bridgehead atoms. The fourth-order valence-electron chi connectivity index (χ4n) is 5.42. The molecule has 6 heteroatoms. The minimum absolute atomic E-state index is 0.0644. The number of unbranched alkanes of at least 4 members (excludes halogenated alkanes) is 1. The van der Waals surface area contributed by atoms with Crippen molar-refractivity contribution in [1.29, 1.82) is 0 Å². The molecule has 2 amide bonds. The first kappa shape index (κ1) is 20.2. The Bertz CT molecular complexity index is 1100. The summed E-state index contributed by atoms with van der Waals surface area (Å²) in [7, 11) is 0. The standard InChI is InChI=1S/C25H26N2O3S/c1-4-5-10-26-24(29)20-18-13-15(3)16-12-14(2)8-9-17(16)27(18)22(21(20)25(26)30)23(28)19-7-6-11-31-19/h6-9,11-13,18,20-22H,4-5,10H2,1-3H3/t18-,20+,21-,22-/m1/s1. The number of allylic oxidation sites excluding steroid dienone is 1. The van der Waals surface area contributed by atoms with Crippen molar-refractivity contribution in [1.82, 2.24) is 4.90 Å². The summed E-state index contributed by atoms with van der Waals surface area (Å²) in [6.45, 7) is 6.58. The number of Topliss-reactive ketones (excluding diaryl/α,β-unsaturated/α-hetero) is 1. The van der Waals surface area contributed by atoms with Crippen molar-refractivity contribution in [2.75, 3.05) is 11.4 Å². The highest BCUT2D eigenvalue weighted by Gasteiger charge is 2.64. The molecule has 31 heavy (non-hydrogen) atoms. The van der Waals surface area contributed by atoms with Gasteiger partial charge in [-0.3, -0.25) is 19.3 Å². The van der Waals surface area contributed by atoms with E-state index >= 15 is 0 Å². The zero-order valence-corrected chi connectivity index (χ0v) is 18.8. The first-order valence-corrected chi connectivity index (χ1v) is 11.8. The molecule has 4 heterocycles. The predicted octanol–water partition coefficient (Wildman–Crippen LogP) is 4.31. The van der Waals surface area contributed by atoms with Crippen LogP contribution in [0.15, 0.2) is 41.8 Å². The van der Waals surface area contributed by atoms with Crippen molar-refractivity contribution in [3.8, 4) is 0 Å². The van der Waals surface area contributed by atoms with Crippen LogP contribution in [0.2, 0.25) is 0 Å². The van der Waals surface area contributed by atoms with E-state index in [4.69, 9.17) is 0 Å². The van der Waals surface area contributed by atoms with E-state index in [1.54, 1.807) is 0 Å². The third-order valence-electron chi connectivity index (χ3n) is 6.86. The highest BCUT2D eigenvalue weighted by Crippen LogP contribution is 2.50. The average molecular weight is 435 g/mol. The van der Waals surface area contributed by atoms with Gasteiger partial charge in [-0.2, -0.15) is 0 Å². The predicted molar refractivity (Wildman–Crippen MR) is 122 cm³/mol. The average Bonchev–Trinajstić information content (AvgIpc) is 3.44. The molecule has 5 rings (SSSR count). The van der Waals surface area contributed by atoms with Crippen molar-refractivity contribution >= 4 is 40.2 Å². The van der Waals surface area contributed by atoms with E-state index < -0.39 is 17.9 Å². The maximum Gasteiger partial charge on any atom is 0.235 e. The van der Waals surface area contributed by atoms with E-state index in [9.17, 15) is 14.4 Å². The van der Waals surface area contributed by atoms with E-state index in [0.29, 0.717) is 11.4 Å². The first-order valence-electron chi connectivity index (χ1n) is 10.9. The van der Waals surface area contributed by atoms with Crippen LogP contribution in [0.3, 0.4) is 0 Å². The Labute approximate surface area is 186 Å². The number of imide groups is 1. The molecule has 0 radical (unpaired) electrons. The number of thiophene rings is 1. The Morgan fingerprint density at radius 3 is 2.58 bits per heavy atom. The number of hydrogen-bond donors (Lipinski definition) is 0. The molecule has 0 N–H and O–H groups in total. The molecular weight excluding hydrogens is 408 g/mol. The molecule has 0 unspecified atom stereocenters. The lowest BCUT2D eigenvalue weighted by Crippen LogP contribution is -2.49. The van der Waals surface area contributed by atoms with Crippen molar-refractivity contribution < 1.29 is 14.4 Å². The molecule has 3 aliphatic rings. The number of hydrogen-bond acceptors (Lipinski definition) is 5. The van der Waals surface area contributed by atoms with Gasteiger partial charge in [0.1, 0.15) is 6.04 Å². The number of benzene rings is 1. The Balaban J connectivity index is 1.66. The van der Waals surface area contributed by atoms with Crippen LogP contribution in [0, 0.1) is 18.8 Å². The molecule has 2 saturated heterocycles. The number of ketones is 1. The second kappa shape index (κ2) is 7.45. The Morgan fingerprint density at radius 2 is 1.87 bits per heavy atom. The van der Waals surface area contributed by atoms with Crippen LogP contribution in [-0.4, -0.2) is 41.1 Å². The van der Waals surface area contributed by atoms with Gasteiger partial charge >= 0.3 is 0 Å². The monoisotopic (exact) mass is 434 g/mol. The maximum absolute atomic E-state index is 13.7. The first-order chi connectivity index (χ1) is 14.9. The summed E-state index contributed by atoms with van der Waals surface area (Å²) in [4.78, 5) is 44.7. The van der Waals surface area contributed by atoms with Gasteiger partial charge in [0.15, 0.2) is 5.78 Å². The summed E-state index contributed by atoms with van der Waals surface area (Å²) < 4.78 is 0. The van der Waals surface area contributed by atoms with Crippen LogP contribution in [0.25, 0.3) is 5.57 Å². The summed E-state index contributed by atoms with van der Waals surface area (Å²) in [6.07, 6.45) is 3.78. The Kier molecular flexibility index (Phi) is 4.85. The summed E-state index contributed by atoms with van der Waals surface area (Å²) in [5.74, 6) is -1.53. The lowest BCUT2D eigenvalue weighted by Gasteiger charge is -2.38. The van der Waals surface area contributed by atoms with E-state index in [-0.39, 0.29) is 23.6 Å². The molecule has 0 aliphatic carbocycles. The molecule has 2 fully saturated rings. The smallest absolute Gasteiger partial charge is 0.235 e. The summed E-state index contributed by atoms with van der Waals surface area (Å²) in [5, 5.41) is 1.88. The van der Waals surface area contributed by atoms with Gasteiger partial charge in [0.25, 0.3) is 0 Å². The number of nitrogens with zero attached hydrogens (tertiary/aromatic N) is 2. The van der Waals surface area contributed by atoms with Gasteiger partial charge in [-0.1, -0.05) is 37.1 Å². The third-order valence-corrected chi connectivity index (χ3v) is 7.75. The minimum Gasteiger partial charge on any atom is -0.352 e. The molecule has 4 atom stereocenters. The summed E-state index contributed by atoms with van der Waals surface area (Å²) in [5.41, 5.74) is 4.25. The molecule has 1 aromatic heterocycles. The zero-order chi connectivity index (χ0) is 21.9. The number of aryl methyl sites for hydroxylation is 1. The molecule has 0 saturated carbocycles. The molecule has 5 nitrogen and oxygen atoms in total. The molecule has 0 spiro atoms. The second-order valence-electron chi connectivity index (χ2n) is 8.79. The largest absolute Gasteiger partial charge is 0.352 e. The number of rotatable bonds is 5. The van der Waals surface area contributed by atoms with E-state index in [1.807, 2.05) is 43.5 Å². The Morgan fingerprint density at radius 1 is 1.10 bits per heavy atom. The normalized spacial score (nSPS) is 26.6. The van der Waals surface area contributed by atoms with Crippen molar-refractivity contribution in [2.24, 2.45) is 11.8 Å². The quantitative estimate of drug-likeness (QED) is 0.520. The topological polar surface area (TPSA) is 57.7 Å². The zero-order valence-electron chi connectivity index (χ0n) is 18.0. The number of anilines is 1. The molecule has 160 valence electrons. The van der Waals surface area contributed by atoms with Crippen LogP contribution in [0.5, 0.6) is 0 Å². The number of amides is 2. The van der Waals surface area contributed by atoms with Crippen LogP contribution in [0.1, 0.15) is 47.5 Å². The summed E-state index contributed by atoms with van der Waals surface area (Å²) >= 11 is 1.39. The summed E-state index contributed by atoms with van der Waals surface area (Å²) in [6, 6.07) is 8.91. The highest BCUT2D eigenvalue weighted by molar-refractivity contribution is 7.12. The van der Waals surface area contributed by atoms with E-state index in [1.165, 1.54) is 16.2 Å². The van der Waals surface area contributed by atoms with E-state index in [2.05, 4.69) is 24.0 Å². The van der Waals surface area contributed by atoms with Gasteiger partial charge in [0.05, 0.1) is 22.8 Å². The van der Waals surface area contributed by atoms with Crippen LogP contribution in [-0.2, 0) is 9.59 Å².